The Bertz CT molecular complexity index is 325. The van der Waals surface area contributed by atoms with Crippen LogP contribution in [0.5, 0.6) is 0 Å². The zero-order valence-corrected chi connectivity index (χ0v) is 9.95. The molecule has 0 aromatic heterocycles. The molecular weight excluding hydrogens is 198 g/mol. The van der Waals surface area contributed by atoms with Crippen molar-refractivity contribution in [2.24, 2.45) is 5.92 Å². The van der Waals surface area contributed by atoms with Crippen LogP contribution in [0.15, 0.2) is 30.3 Å². The molecule has 16 heavy (non-hydrogen) atoms. The lowest BCUT2D eigenvalue weighted by Gasteiger charge is -2.35. The molecular formula is C14H21NO. The molecule has 2 unspecified atom stereocenters. The van der Waals surface area contributed by atoms with E-state index in [1.807, 2.05) is 30.3 Å². The molecule has 0 bridgehead atoms. The van der Waals surface area contributed by atoms with Gasteiger partial charge in [0.25, 0.3) is 0 Å². The summed E-state index contributed by atoms with van der Waals surface area (Å²) in [5.41, 5.74) is 0.585. The lowest BCUT2D eigenvalue weighted by molar-refractivity contribution is -0.000760. The molecule has 1 fully saturated rings. The van der Waals surface area contributed by atoms with Gasteiger partial charge in [0.05, 0.1) is 5.60 Å². The van der Waals surface area contributed by atoms with Crippen LogP contribution < -0.4 is 5.32 Å². The summed E-state index contributed by atoms with van der Waals surface area (Å²) in [6.07, 6.45) is 4.26. The Morgan fingerprint density at radius 2 is 2.12 bits per heavy atom. The van der Waals surface area contributed by atoms with E-state index < -0.39 is 5.60 Å². The number of anilines is 1. The van der Waals surface area contributed by atoms with Crippen LogP contribution in [-0.2, 0) is 0 Å². The maximum atomic E-state index is 10.4. The van der Waals surface area contributed by atoms with Crippen LogP contribution >= 0.6 is 0 Å². The molecule has 0 aliphatic heterocycles. The second-order valence-electron chi connectivity index (χ2n) is 5.15. The predicted molar refractivity (Wildman–Crippen MR) is 67.5 cm³/mol. The first-order valence-electron chi connectivity index (χ1n) is 6.19. The zero-order valence-electron chi connectivity index (χ0n) is 9.95. The Morgan fingerprint density at radius 3 is 2.81 bits per heavy atom. The molecule has 0 spiro atoms. The van der Waals surface area contributed by atoms with Crippen molar-refractivity contribution in [3.8, 4) is 0 Å². The fraction of sp³-hybridized carbons (Fsp3) is 0.571. The number of nitrogens with one attached hydrogen (secondary N) is 1. The fourth-order valence-electron chi connectivity index (χ4n) is 2.62. The predicted octanol–water partition coefficient (Wildman–Crippen LogP) is 3.04. The SMILES string of the molecule is CC1CCCC(O)(CNc2ccccc2)C1. The van der Waals surface area contributed by atoms with Gasteiger partial charge in [-0.05, 0) is 30.9 Å². The lowest BCUT2D eigenvalue weighted by atomic mass is 9.79. The Labute approximate surface area is 97.7 Å². The highest BCUT2D eigenvalue weighted by Crippen LogP contribution is 2.32. The molecule has 2 N–H and O–H groups in total. The third-order valence-electron chi connectivity index (χ3n) is 3.46. The second-order valence-corrected chi connectivity index (χ2v) is 5.15. The van der Waals surface area contributed by atoms with Gasteiger partial charge in [0, 0.05) is 12.2 Å². The van der Waals surface area contributed by atoms with Crippen molar-refractivity contribution in [3.63, 3.8) is 0 Å². The van der Waals surface area contributed by atoms with E-state index in [9.17, 15) is 5.11 Å². The normalized spacial score (nSPS) is 30.0. The molecule has 2 rings (SSSR count). The molecule has 2 nitrogen and oxygen atoms in total. The molecule has 1 aliphatic rings. The van der Waals surface area contributed by atoms with Crippen LogP contribution in [0.25, 0.3) is 0 Å². The molecule has 0 amide bonds. The molecule has 2 atom stereocenters. The number of aliphatic hydroxyl groups is 1. The van der Waals surface area contributed by atoms with Gasteiger partial charge in [-0.25, -0.2) is 0 Å². The van der Waals surface area contributed by atoms with Crippen molar-refractivity contribution in [3.05, 3.63) is 30.3 Å². The molecule has 2 heteroatoms. The van der Waals surface area contributed by atoms with Crippen molar-refractivity contribution in [2.75, 3.05) is 11.9 Å². The fourth-order valence-corrected chi connectivity index (χ4v) is 2.62. The highest BCUT2D eigenvalue weighted by Gasteiger charge is 2.32. The molecule has 0 heterocycles. The molecule has 1 aromatic carbocycles. The zero-order chi connectivity index (χ0) is 11.4. The minimum atomic E-state index is -0.506. The quantitative estimate of drug-likeness (QED) is 0.819. The maximum Gasteiger partial charge on any atom is 0.0821 e. The smallest absolute Gasteiger partial charge is 0.0821 e. The first-order chi connectivity index (χ1) is 7.68. The second kappa shape index (κ2) is 4.88. The van der Waals surface area contributed by atoms with Gasteiger partial charge < -0.3 is 10.4 Å². The first kappa shape index (κ1) is 11.5. The topological polar surface area (TPSA) is 32.3 Å². The van der Waals surface area contributed by atoms with Gasteiger partial charge in [-0.3, -0.25) is 0 Å². The van der Waals surface area contributed by atoms with E-state index in [1.165, 1.54) is 6.42 Å². The van der Waals surface area contributed by atoms with E-state index in [0.717, 1.165) is 24.9 Å². The van der Waals surface area contributed by atoms with Gasteiger partial charge in [0.1, 0.15) is 0 Å². The van der Waals surface area contributed by atoms with Gasteiger partial charge in [0.15, 0.2) is 0 Å². The van der Waals surface area contributed by atoms with Crippen LogP contribution in [-0.4, -0.2) is 17.3 Å². The number of benzene rings is 1. The van der Waals surface area contributed by atoms with Gasteiger partial charge in [0.2, 0.25) is 0 Å². The van der Waals surface area contributed by atoms with Gasteiger partial charge >= 0.3 is 0 Å². The number of hydrogen-bond donors (Lipinski definition) is 2. The summed E-state index contributed by atoms with van der Waals surface area (Å²) < 4.78 is 0. The van der Waals surface area contributed by atoms with Crippen molar-refractivity contribution in [2.45, 2.75) is 38.2 Å². The largest absolute Gasteiger partial charge is 0.388 e. The average Bonchev–Trinajstić information content (AvgIpc) is 2.28. The minimum absolute atomic E-state index is 0.506. The van der Waals surface area contributed by atoms with Crippen LogP contribution in [0.2, 0.25) is 0 Å². The molecule has 1 aliphatic carbocycles. The van der Waals surface area contributed by atoms with Crippen LogP contribution in [0.4, 0.5) is 5.69 Å². The summed E-state index contributed by atoms with van der Waals surface area (Å²) >= 11 is 0. The van der Waals surface area contributed by atoms with Crippen LogP contribution in [0, 0.1) is 5.92 Å². The van der Waals surface area contributed by atoms with Gasteiger partial charge in [-0.15, -0.1) is 0 Å². The number of hydrogen-bond acceptors (Lipinski definition) is 2. The van der Waals surface area contributed by atoms with E-state index >= 15 is 0 Å². The Balaban J connectivity index is 1.89. The van der Waals surface area contributed by atoms with E-state index in [-0.39, 0.29) is 0 Å². The van der Waals surface area contributed by atoms with Crippen molar-refractivity contribution in [1.82, 2.24) is 0 Å². The van der Waals surface area contributed by atoms with Gasteiger partial charge in [-0.1, -0.05) is 38.0 Å². The van der Waals surface area contributed by atoms with Crippen molar-refractivity contribution < 1.29 is 5.11 Å². The van der Waals surface area contributed by atoms with Gasteiger partial charge in [-0.2, -0.15) is 0 Å². The molecule has 0 saturated heterocycles. The highest BCUT2D eigenvalue weighted by molar-refractivity contribution is 5.42. The summed E-state index contributed by atoms with van der Waals surface area (Å²) in [5.74, 6) is 0.649. The third kappa shape index (κ3) is 2.99. The molecule has 88 valence electrons. The monoisotopic (exact) mass is 219 g/mol. The summed E-state index contributed by atoms with van der Waals surface area (Å²) in [5, 5.41) is 13.8. The number of para-hydroxylation sites is 1. The molecule has 1 saturated carbocycles. The summed E-state index contributed by atoms with van der Waals surface area (Å²) in [7, 11) is 0. The molecule has 1 aromatic rings. The minimum Gasteiger partial charge on any atom is -0.388 e. The first-order valence-corrected chi connectivity index (χ1v) is 6.19. The van der Waals surface area contributed by atoms with E-state index in [0.29, 0.717) is 12.5 Å². The standard InChI is InChI=1S/C14H21NO/c1-12-6-5-9-14(16,10-12)11-15-13-7-3-2-4-8-13/h2-4,7-8,12,15-16H,5-6,9-11H2,1H3. The average molecular weight is 219 g/mol. The maximum absolute atomic E-state index is 10.4. The lowest BCUT2D eigenvalue weighted by Crippen LogP contribution is -2.41. The van der Waals surface area contributed by atoms with E-state index in [4.69, 9.17) is 0 Å². The highest BCUT2D eigenvalue weighted by atomic mass is 16.3. The summed E-state index contributed by atoms with van der Waals surface area (Å²) in [6, 6.07) is 10.1. The van der Waals surface area contributed by atoms with E-state index in [1.54, 1.807) is 0 Å². The van der Waals surface area contributed by atoms with Crippen LogP contribution in [0.3, 0.4) is 0 Å². The Morgan fingerprint density at radius 1 is 1.38 bits per heavy atom. The molecule has 0 radical (unpaired) electrons. The third-order valence-corrected chi connectivity index (χ3v) is 3.46. The summed E-state index contributed by atoms with van der Waals surface area (Å²) in [4.78, 5) is 0. The van der Waals surface area contributed by atoms with Crippen molar-refractivity contribution in [1.29, 1.82) is 0 Å². The summed E-state index contributed by atoms with van der Waals surface area (Å²) in [6.45, 7) is 2.90. The Hall–Kier alpha value is -1.02. The van der Waals surface area contributed by atoms with Crippen molar-refractivity contribution >= 4 is 5.69 Å². The Kier molecular flexibility index (Phi) is 3.49. The van der Waals surface area contributed by atoms with Crippen LogP contribution in [0.1, 0.15) is 32.6 Å². The van der Waals surface area contributed by atoms with E-state index in [2.05, 4.69) is 12.2 Å². The number of rotatable bonds is 3.